The third kappa shape index (κ3) is 4.99. The molecule has 0 aliphatic carbocycles. The predicted molar refractivity (Wildman–Crippen MR) is 112 cm³/mol. The van der Waals surface area contributed by atoms with Gasteiger partial charge in [0.05, 0.1) is 6.04 Å². The average Bonchev–Trinajstić information content (AvgIpc) is 3.18. The van der Waals surface area contributed by atoms with Crippen LogP contribution in [-0.2, 0) is 4.79 Å². The highest BCUT2D eigenvalue weighted by Gasteiger charge is 2.17. The molecule has 2 aromatic carbocycles. The van der Waals surface area contributed by atoms with Gasteiger partial charge < -0.3 is 5.32 Å². The van der Waals surface area contributed by atoms with E-state index in [1.165, 1.54) is 16.0 Å². The van der Waals surface area contributed by atoms with Gasteiger partial charge in [-0.25, -0.2) is 0 Å². The van der Waals surface area contributed by atoms with Gasteiger partial charge >= 0.3 is 0 Å². The van der Waals surface area contributed by atoms with Crippen LogP contribution in [-0.4, -0.2) is 11.7 Å². The maximum absolute atomic E-state index is 12.5. The molecule has 0 radical (unpaired) electrons. The van der Waals surface area contributed by atoms with Crippen molar-refractivity contribution in [3.05, 3.63) is 87.6 Å². The zero-order valence-electron chi connectivity index (χ0n) is 15.1. The molecule has 1 heterocycles. The Labute approximate surface area is 163 Å². The van der Waals surface area contributed by atoms with Crippen LogP contribution in [0, 0.1) is 13.8 Å². The first-order valence-electron chi connectivity index (χ1n) is 8.71. The lowest BCUT2D eigenvalue weighted by atomic mass is 10.1. The van der Waals surface area contributed by atoms with Gasteiger partial charge in [-0.15, -0.1) is 23.1 Å². The van der Waals surface area contributed by atoms with Crippen LogP contribution in [0.15, 0.2) is 70.9 Å². The molecule has 3 aromatic rings. The Morgan fingerprint density at radius 1 is 1.04 bits per heavy atom. The first kappa shape index (κ1) is 18.7. The number of thioether (sulfide) groups is 1. The fourth-order valence-electron chi connectivity index (χ4n) is 2.72. The Hall–Kier alpha value is -2.04. The molecule has 0 saturated carbocycles. The minimum Gasteiger partial charge on any atom is -0.344 e. The lowest BCUT2D eigenvalue weighted by Gasteiger charge is -2.18. The van der Waals surface area contributed by atoms with Crippen molar-refractivity contribution in [2.75, 3.05) is 5.75 Å². The van der Waals surface area contributed by atoms with E-state index in [4.69, 9.17) is 0 Å². The van der Waals surface area contributed by atoms with Gasteiger partial charge in [0, 0.05) is 21.9 Å². The minimum atomic E-state index is -0.0738. The SMILES string of the molecule is Cc1ccc(SCCC(=O)NC(c2ccccc2)c2cccs2)cc1C. The van der Waals surface area contributed by atoms with Crippen LogP contribution in [0.2, 0.25) is 0 Å². The maximum Gasteiger partial charge on any atom is 0.221 e. The van der Waals surface area contributed by atoms with Gasteiger partial charge in [-0.05, 0) is 54.1 Å². The van der Waals surface area contributed by atoms with Crippen LogP contribution in [0.4, 0.5) is 0 Å². The molecule has 3 rings (SSSR count). The van der Waals surface area contributed by atoms with Crippen LogP contribution in [0.1, 0.15) is 34.0 Å². The Balaban J connectivity index is 1.59. The Morgan fingerprint density at radius 2 is 1.85 bits per heavy atom. The third-order valence-electron chi connectivity index (χ3n) is 4.34. The first-order chi connectivity index (χ1) is 12.6. The lowest BCUT2D eigenvalue weighted by molar-refractivity contribution is -0.121. The molecule has 0 aliphatic heterocycles. The fourth-order valence-corrected chi connectivity index (χ4v) is 4.47. The number of carbonyl (C=O) groups is 1. The van der Waals surface area contributed by atoms with E-state index in [0.29, 0.717) is 6.42 Å². The van der Waals surface area contributed by atoms with Crippen LogP contribution < -0.4 is 5.32 Å². The summed E-state index contributed by atoms with van der Waals surface area (Å²) < 4.78 is 0. The number of benzene rings is 2. The number of carbonyl (C=O) groups excluding carboxylic acids is 1. The lowest BCUT2D eigenvalue weighted by Crippen LogP contribution is -2.29. The molecule has 0 bridgehead atoms. The molecule has 1 amide bonds. The number of hydrogen-bond acceptors (Lipinski definition) is 3. The van der Waals surface area contributed by atoms with Gasteiger partial charge in [-0.3, -0.25) is 4.79 Å². The van der Waals surface area contributed by atoms with Crippen LogP contribution >= 0.6 is 23.1 Å². The number of rotatable bonds is 7. The zero-order chi connectivity index (χ0) is 18.4. The van der Waals surface area contributed by atoms with E-state index < -0.39 is 0 Å². The van der Waals surface area contributed by atoms with Crippen molar-refractivity contribution in [1.82, 2.24) is 5.32 Å². The number of amides is 1. The summed E-state index contributed by atoms with van der Waals surface area (Å²) in [7, 11) is 0. The zero-order valence-corrected chi connectivity index (χ0v) is 16.7. The number of thiophene rings is 1. The topological polar surface area (TPSA) is 29.1 Å². The van der Waals surface area contributed by atoms with Gasteiger partial charge in [0.1, 0.15) is 0 Å². The van der Waals surface area contributed by atoms with Crippen molar-refractivity contribution >= 4 is 29.0 Å². The minimum absolute atomic E-state index is 0.0738. The Bertz CT molecular complexity index is 844. The second kappa shape index (κ2) is 9.06. The molecule has 1 N–H and O–H groups in total. The third-order valence-corrected chi connectivity index (χ3v) is 6.27. The second-order valence-corrected chi connectivity index (χ2v) is 8.42. The molecule has 4 heteroatoms. The van der Waals surface area contributed by atoms with Crippen LogP contribution in [0.3, 0.4) is 0 Å². The molecular formula is C22H23NOS2. The summed E-state index contributed by atoms with van der Waals surface area (Å²) in [5.41, 5.74) is 3.71. The number of aryl methyl sites for hydroxylation is 2. The van der Waals surface area contributed by atoms with Crippen molar-refractivity contribution in [3.63, 3.8) is 0 Å². The fraction of sp³-hybridized carbons (Fsp3) is 0.227. The molecule has 1 unspecified atom stereocenters. The smallest absolute Gasteiger partial charge is 0.221 e. The number of nitrogens with one attached hydrogen (secondary N) is 1. The summed E-state index contributed by atoms with van der Waals surface area (Å²) in [5, 5.41) is 5.25. The summed E-state index contributed by atoms with van der Waals surface area (Å²) in [6, 6.07) is 20.6. The monoisotopic (exact) mass is 381 g/mol. The average molecular weight is 382 g/mol. The van der Waals surface area contributed by atoms with Crippen molar-refractivity contribution in [1.29, 1.82) is 0 Å². The van der Waals surface area contributed by atoms with E-state index in [-0.39, 0.29) is 11.9 Å². The molecule has 0 spiro atoms. The molecule has 26 heavy (non-hydrogen) atoms. The molecule has 0 aliphatic rings. The van der Waals surface area contributed by atoms with Gasteiger partial charge in [-0.1, -0.05) is 42.5 Å². The Kier molecular flexibility index (Phi) is 6.53. The Morgan fingerprint density at radius 3 is 2.54 bits per heavy atom. The van der Waals surface area contributed by atoms with E-state index in [9.17, 15) is 4.79 Å². The molecular weight excluding hydrogens is 358 g/mol. The van der Waals surface area contributed by atoms with Crippen molar-refractivity contribution in [2.45, 2.75) is 31.2 Å². The summed E-state index contributed by atoms with van der Waals surface area (Å²) in [6.07, 6.45) is 0.506. The summed E-state index contributed by atoms with van der Waals surface area (Å²) >= 11 is 3.41. The largest absolute Gasteiger partial charge is 0.344 e. The second-order valence-electron chi connectivity index (χ2n) is 6.27. The van der Waals surface area contributed by atoms with E-state index in [0.717, 1.165) is 16.2 Å². The van der Waals surface area contributed by atoms with E-state index in [1.807, 2.05) is 29.6 Å². The van der Waals surface area contributed by atoms with E-state index >= 15 is 0 Å². The van der Waals surface area contributed by atoms with Crippen molar-refractivity contribution < 1.29 is 4.79 Å². The van der Waals surface area contributed by atoms with Gasteiger partial charge in [0.15, 0.2) is 0 Å². The van der Waals surface area contributed by atoms with Crippen LogP contribution in [0.25, 0.3) is 0 Å². The molecule has 0 saturated heterocycles. The highest BCUT2D eigenvalue weighted by Crippen LogP contribution is 2.26. The van der Waals surface area contributed by atoms with Crippen molar-refractivity contribution in [3.8, 4) is 0 Å². The molecule has 1 aromatic heterocycles. The van der Waals surface area contributed by atoms with Gasteiger partial charge in [0.25, 0.3) is 0 Å². The summed E-state index contributed by atoms with van der Waals surface area (Å²) in [6.45, 7) is 4.24. The van der Waals surface area contributed by atoms with E-state index in [1.54, 1.807) is 23.1 Å². The molecule has 1 atom stereocenters. The highest BCUT2D eigenvalue weighted by molar-refractivity contribution is 7.99. The standard InChI is InChI=1S/C22H23NOS2/c1-16-10-11-19(15-17(16)2)25-14-12-21(24)23-22(20-9-6-13-26-20)18-7-4-3-5-8-18/h3-11,13,15,22H,12,14H2,1-2H3,(H,23,24). The first-order valence-corrected chi connectivity index (χ1v) is 10.6. The maximum atomic E-state index is 12.5. The van der Waals surface area contributed by atoms with Gasteiger partial charge in [-0.2, -0.15) is 0 Å². The quantitative estimate of drug-likeness (QED) is 0.528. The normalized spacial score (nSPS) is 11.9. The summed E-state index contributed by atoms with van der Waals surface area (Å²) in [5.74, 6) is 0.865. The van der Waals surface area contributed by atoms with Gasteiger partial charge in [0.2, 0.25) is 5.91 Å². The molecule has 134 valence electrons. The number of hydrogen-bond donors (Lipinski definition) is 1. The van der Waals surface area contributed by atoms with Crippen LogP contribution in [0.5, 0.6) is 0 Å². The summed E-state index contributed by atoms with van der Waals surface area (Å²) in [4.78, 5) is 14.9. The predicted octanol–water partition coefficient (Wildman–Crippen LogP) is 5.75. The van der Waals surface area contributed by atoms with E-state index in [2.05, 4.69) is 55.6 Å². The van der Waals surface area contributed by atoms with Crippen molar-refractivity contribution in [2.24, 2.45) is 0 Å². The highest BCUT2D eigenvalue weighted by atomic mass is 32.2. The molecule has 2 nitrogen and oxygen atoms in total. The molecule has 0 fully saturated rings.